The number of hydrogen-bond acceptors (Lipinski definition) is 17. The van der Waals surface area contributed by atoms with Gasteiger partial charge >= 0.3 is 0 Å². The normalized spacial score (nSPS) is 15.9. The van der Waals surface area contributed by atoms with Gasteiger partial charge in [0.15, 0.2) is 11.4 Å². The molecule has 21 nitrogen and oxygen atoms in total. The Labute approximate surface area is 335 Å². The molecule has 25 heteroatoms. The molecule has 0 unspecified atom stereocenters. The summed E-state index contributed by atoms with van der Waals surface area (Å²) in [7, 11) is -15.9. The maximum absolute atomic E-state index is 13.5. The maximum atomic E-state index is 13.5. The average Bonchev–Trinajstić information content (AvgIpc) is 3.17. The molecule has 0 radical (unpaired) electrons. The van der Waals surface area contributed by atoms with Crippen molar-refractivity contribution in [2.75, 3.05) is 30.3 Å². The van der Waals surface area contributed by atoms with Gasteiger partial charge in [0.1, 0.15) is 21.3 Å². The molecule has 4 aromatic rings. The molecule has 0 heterocycles. The highest BCUT2D eigenvalue weighted by molar-refractivity contribution is 7.91. The molecule has 0 saturated carbocycles. The predicted molar refractivity (Wildman–Crippen MR) is 215 cm³/mol. The summed E-state index contributed by atoms with van der Waals surface area (Å²) < 4.78 is 123. The van der Waals surface area contributed by atoms with Gasteiger partial charge in [-0.15, -0.1) is 0 Å². The van der Waals surface area contributed by atoms with Gasteiger partial charge in [0.2, 0.25) is 31.6 Å². The van der Waals surface area contributed by atoms with Gasteiger partial charge in [0, 0.05) is 22.5 Å². The van der Waals surface area contributed by atoms with E-state index in [1.165, 1.54) is 36.4 Å². The highest BCUT2D eigenvalue weighted by atomic mass is 32.2. The molecule has 0 aliphatic heterocycles. The second-order valence-corrected chi connectivity index (χ2v) is 18.8. The molecule has 2 aliphatic rings. The number of phenolic OH excluding ortho intramolecular Hbond substituents is 2. The van der Waals surface area contributed by atoms with E-state index in [2.05, 4.69) is 35.8 Å². The highest BCUT2D eigenvalue weighted by Gasteiger charge is 2.35. The quantitative estimate of drug-likeness (QED) is 0.0560. The van der Waals surface area contributed by atoms with Crippen LogP contribution in [0.15, 0.2) is 103 Å². The van der Waals surface area contributed by atoms with E-state index in [4.69, 9.17) is 0 Å². The molecule has 0 amide bonds. The molecule has 2 aliphatic carbocycles. The average molecular weight is 888 g/mol. The minimum Gasteiger partial charge on any atom is -0.506 e. The molecule has 0 bridgehead atoms. The lowest BCUT2D eigenvalue weighted by Gasteiger charge is -2.19. The van der Waals surface area contributed by atoms with Gasteiger partial charge in [-0.1, -0.05) is 0 Å². The number of carbonyl (C=O) groups is 2. The number of rotatable bonds is 12. The summed E-state index contributed by atoms with van der Waals surface area (Å²) in [6, 6.07) is 14.2. The van der Waals surface area contributed by atoms with Crippen LogP contribution < -0.4 is 25.6 Å². The Hall–Kier alpha value is -6.32. The summed E-state index contributed by atoms with van der Waals surface area (Å²) in [6.07, 6.45) is 1.88. The monoisotopic (exact) mass is 887 g/mol. The minimum atomic E-state index is -5.12. The summed E-state index contributed by atoms with van der Waals surface area (Å²) in [5.41, 5.74) is 2.56. The van der Waals surface area contributed by atoms with Gasteiger partial charge in [-0.2, -0.15) is 27.0 Å². The Morgan fingerprint density at radius 1 is 0.525 bits per heavy atom. The first-order valence-corrected chi connectivity index (χ1v) is 22.1. The first kappa shape index (κ1) is 42.3. The lowest BCUT2D eigenvalue weighted by atomic mass is 9.93. The zero-order valence-corrected chi connectivity index (χ0v) is 33.2. The Kier molecular flexibility index (Phi) is 11.1. The van der Waals surface area contributed by atoms with Crippen LogP contribution in [-0.4, -0.2) is 90.1 Å². The number of fused-ring (bicyclic) bond motifs is 2. The lowest BCUT2D eigenvalue weighted by molar-refractivity contribution is 0.105. The summed E-state index contributed by atoms with van der Waals surface area (Å²) >= 11 is 0. The van der Waals surface area contributed by atoms with Gasteiger partial charge in [-0.3, -0.25) is 29.5 Å². The highest BCUT2D eigenvalue weighted by Crippen LogP contribution is 2.34. The molecule has 0 spiro atoms. The molecule has 308 valence electrons. The SMILES string of the molecule is CNS(=O)(=O)c1ccc(O)c(N/N=C2\C(=O)c3ccc(Nc4ccc5c(c4)C=C(S(=O)(=O)O)/C(=N/Nc4cc(S(=O)(=O)NC)ccc4O)C5=O)cc3C=C2S(=O)(=O)O)c1. The number of carbonyl (C=O) groups excluding carboxylic acids is 2. The Balaban J connectivity index is 1.30. The van der Waals surface area contributed by atoms with Crippen molar-refractivity contribution >= 4 is 98.2 Å². The van der Waals surface area contributed by atoms with E-state index in [-0.39, 0.29) is 54.8 Å². The molecule has 9 N–H and O–H groups in total. The minimum absolute atomic E-state index is 0.00768. The summed E-state index contributed by atoms with van der Waals surface area (Å²) in [4.78, 5) is 24.6. The number of phenols is 2. The van der Waals surface area contributed by atoms with Crippen molar-refractivity contribution in [1.82, 2.24) is 9.44 Å². The Morgan fingerprint density at radius 2 is 0.898 bits per heavy atom. The van der Waals surface area contributed by atoms with E-state index >= 15 is 0 Å². The van der Waals surface area contributed by atoms with Crippen LogP contribution in [0, 0.1) is 0 Å². The number of anilines is 4. The molecule has 6 rings (SSSR count). The second-order valence-electron chi connectivity index (χ2n) is 12.3. The van der Waals surface area contributed by atoms with Crippen molar-refractivity contribution in [2.24, 2.45) is 10.2 Å². The Bertz CT molecular complexity index is 2880. The number of aromatic hydroxyl groups is 2. The van der Waals surface area contributed by atoms with Gasteiger partial charge in [-0.05, 0) is 110 Å². The summed E-state index contributed by atoms with van der Waals surface area (Å²) in [5.74, 6) is -2.99. The van der Waals surface area contributed by atoms with Crippen molar-refractivity contribution in [3.05, 3.63) is 105 Å². The van der Waals surface area contributed by atoms with Crippen molar-refractivity contribution in [2.45, 2.75) is 9.79 Å². The molecule has 0 saturated heterocycles. The number of benzene rings is 4. The van der Waals surface area contributed by atoms with Crippen LogP contribution in [0.4, 0.5) is 22.7 Å². The molecule has 59 heavy (non-hydrogen) atoms. The molecular weight excluding hydrogens is 859 g/mol. The number of sulfonamides is 2. The van der Waals surface area contributed by atoms with Gasteiger partial charge < -0.3 is 15.5 Å². The van der Waals surface area contributed by atoms with Gasteiger partial charge in [0.25, 0.3) is 20.2 Å². The third-order valence-electron chi connectivity index (χ3n) is 8.58. The van der Waals surface area contributed by atoms with Gasteiger partial charge in [-0.25, -0.2) is 26.3 Å². The first-order valence-electron chi connectivity index (χ1n) is 16.3. The van der Waals surface area contributed by atoms with E-state index in [0.29, 0.717) is 0 Å². The van der Waals surface area contributed by atoms with Crippen LogP contribution in [-0.2, 0) is 40.3 Å². The molecule has 0 fully saturated rings. The van der Waals surface area contributed by atoms with E-state index in [0.717, 1.165) is 62.6 Å². The number of nitrogens with one attached hydrogen (secondary N) is 5. The third-order valence-corrected chi connectivity index (χ3v) is 13.1. The van der Waals surface area contributed by atoms with Crippen molar-refractivity contribution in [3.63, 3.8) is 0 Å². The van der Waals surface area contributed by atoms with Crippen LogP contribution in [0.3, 0.4) is 0 Å². The second kappa shape index (κ2) is 15.5. The number of ketones is 2. The number of nitrogens with zero attached hydrogens (tertiary/aromatic N) is 2. The predicted octanol–water partition coefficient (Wildman–Crippen LogP) is 2.44. The van der Waals surface area contributed by atoms with Crippen molar-refractivity contribution in [1.29, 1.82) is 0 Å². The fraction of sp³-hybridized carbons (Fsp3) is 0.0588. The van der Waals surface area contributed by atoms with Crippen LogP contribution in [0.5, 0.6) is 11.5 Å². The number of allylic oxidation sites excluding steroid dienone is 2. The molecule has 0 atom stereocenters. The largest absolute Gasteiger partial charge is 0.506 e. The van der Waals surface area contributed by atoms with E-state index in [1.54, 1.807) is 0 Å². The lowest BCUT2D eigenvalue weighted by Crippen LogP contribution is -2.27. The van der Waals surface area contributed by atoms with Crippen LogP contribution >= 0.6 is 0 Å². The van der Waals surface area contributed by atoms with Gasteiger partial charge in [0.05, 0.1) is 21.2 Å². The van der Waals surface area contributed by atoms with Crippen LogP contribution in [0.25, 0.3) is 12.2 Å². The standard InChI is InChI=1S/C34H29N7O14S4/c1-35-56(46,47)21-5-9-27(42)25(15-21)38-40-31-29(58(50,51)52)13-17-11-19(3-7-23(17)33(31)44)37-20-4-8-24-18(12-20)14-30(59(53,54)55)32(34(24)45)41-39-26-16-22(6-10-28(26)43)57(48,49)36-2/h3-16,35-39,42-43H,1-2H3,(H,50,51,52)(H,53,54,55)/b40-31-,41-32-. The van der Waals surface area contributed by atoms with Crippen LogP contribution in [0.1, 0.15) is 31.8 Å². The fourth-order valence-corrected chi connectivity index (χ4v) is 8.44. The zero-order chi connectivity index (χ0) is 43.2. The zero-order valence-electron chi connectivity index (χ0n) is 30.0. The smallest absolute Gasteiger partial charge is 0.296 e. The van der Waals surface area contributed by atoms with Crippen LogP contribution in [0.2, 0.25) is 0 Å². The van der Waals surface area contributed by atoms with Crippen molar-refractivity contribution in [3.8, 4) is 11.5 Å². The molecule has 0 aromatic heterocycles. The first-order chi connectivity index (χ1) is 27.5. The number of hydrazone groups is 2. The fourth-order valence-electron chi connectivity index (χ4n) is 5.61. The maximum Gasteiger partial charge on any atom is 0.296 e. The van der Waals surface area contributed by atoms with Crippen molar-refractivity contribution < 1.29 is 62.6 Å². The topological polar surface area (TPSA) is 336 Å². The van der Waals surface area contributed by atoms with E-state index in [9.17, 15) is 62.6 Å². The summed E-state index contributed by atoms with van der Waals surface area (Å²) in [5, 5.41) is 31.0. The molecule has 4 aromatic carbocycles. The van der Waals surface area contributed by atoms with E-state index < -0.39 is 84.6 Å². The third kappa shape index (κ3) is 8.61. The molecular formula is C34H29N7O14S4. The Morgan fingerprint density at radius 3 is 1.24 bits per heavy atom. The summed E-state index contributed by atoms with van der Waals surface area (Å²) in [6.45, 7) is 0. The number of Topliss-reactive ketones (excluding diaryl/α,β-unsaturated/α-hetero) is 2. The van der Waals surface area contributed by atoms with E-state index in [1.807, 2.05) is 0 Å². The number of hydrogen-bond donors (Lipinski definition) is 9.